The van der Waals surface area contributed by atoms with E-state index in [-0.39, 0.29) is 12.4 Å². The number of halogens is 2. The highest BCUT2D eigenvalue weighted by Gasteiger charge is 2.14. The van der Waals surface area contributed by atoms with Gasteiger partial charge in [0, 0.05) is 28.1 Å². The van der Waals surface area contributed by atoms with E-state index in [1.807, 2.05) is 12.1 Å². The van der Waals surface area contributed by atoms with Crippen LogP contribution in [0.1, 0.15) is 35.7 Å². The van der Waals surface area contributed by atoms with Crippen LogP contribution in [0.2, 0.25) is 5.02 Å². The van der Waals surface area contributed by atoms with Crippen molar-refractivity contribution in [2.75, 3.05) is 0 Å². The number of H-pyrrole nitrogens is 1. The van der Waals surface area contributed by atoms with Crippen molar-refractivity contribution in [3.63, 3.8) is 0 Å². The smallest absolute Gasteiger partial charge is 0.120 e. The first kappa shape index (κ1) is 19.2. The predicted molar refractivity (Wildman–Crippen MR) is 108 cm³/mol. The van der Waals surface area contributed by atoms with Crippen LogP contribution in [0.15, 0.2) is 35.5 Å². The van der Waals surface area contributed by atoms with Crippen LogP contribution in [0.4, 0.5) is 0 Å². The number of rotatable bonds is 5. The number of aryl methyl sites for hydroxylation is 3. The van der Waals surface area contributed by atoms with Crippen molar-refractivity contribution in [1.29, 1.82) is 0 Å². The van der Waals surface area contributed by atoms with E-state index >= 15 is 0 Å². The zero-order chi connectivity index (χ0) is 16.4. The largest absolute Gasteiger partial charge is 0.356 e. The normalized spacial score (nSPS) is 10.8. The van der Waals surface area contributed by atoms with E-state index in [0.29, 0.717) is 0 Å². The van der Waals surface area contributed by atoms with Gasteiger partial charge in [-0.1, -0.05) is 48.8 Å². The maximum absolute atomic E-state index is 5.95. The first-order chi connectivity index (χ1) is 11.1. The monoisotopic (exact) mass is 380 g/mol. The van der Waals surface area contributed by atoms with Gasteiger partial charge in [0.1, 0.15) is 5.03 Å². The van der Waals surface area contributed by atoms with Crippen LogP contribution in [0.3, 0.4) is 0 Å². The van der Waals surface area contributed by atoms with E-state index in [1.165, 1.54) is 33.3 Å². The summed E-state index contributed by atoms with van der Waals surface area (Å²) in [6.45, 7) is 6.55. The Kier molecular flexibility index (Phi) is 6.62. The van der Waals surface area contributed by atoms with Gasteiger partial charge >= 0.3 is 0 Å². The molecule has 1 N–H and O–H groups in total. The van der Waals surface area contributed by atoms with Crippen molar-refractivity contribution in [3.05, 3.63) is 57.9 Å². The fraction of sp³-hybridized carbons (Fsp3) is 0.316. The molecule has 24 heavy (non-hydrogen) atoms. The molecule has 1 aromatic carbocycles. The summed E-state index contributed by atoms with van der Waals surface area (Å²) in [5.41, 5.74) is 6.37. The average molecular weight is 381 g/mol. The third kappa shape index (κ3) is 3.90. The van der Waals surface area contributed by atoms with Crippen LogP contribution in [-0.2, 0) is 12.2 Å². The van der Waals surface area contributed by atoms with Crippen molar-refractivity contribution in [3.8, 4) is 0 Å². The van der Waals surface area contributed by atoms with E-state index in [4.69, 9.17) is 16.6 Å². The number of hydrogen-bond acceptors (Lipinski definition) is 2. The Morgan fingerprint density at radius 1 is 1.17 bits per heavy atom. The van der Waals surface area contributed by atoms with E-state index in [0.717, 1.165) is 28.6 Å². The first-order valence-corrected chi connectivity index (χ1v) is 9.30. The molecule has 0 aliphatic heterocycles. The second-order valence-corrected chi connectivity index (χ2v) is 7.28. The highest BCUT2D eigenvalue weighted by atomic mass is 35.5. The molecule has 5 heteroatoms. The second kappa shape index (κ2) is 8.28. The molecule has 0 aliphatic carbocycles. The molecule has 0 saturated heterocycles. The Morgan fingerprint density at radius 3 is 2.54 bits per heavy atom. The molecule has 0 bridgehead atoms. The number of nitrogens with one attached hydrogen (secondary N) is 1. The standard InChI is InChI=1S/C19H21ClN2S.ClH/c1-4-5-15-10-21-19(18-17(15)12(2)13(3)22-18)23-11-14-6-8-16(20)9-7-14;/h6-10,22H,4-5,11H2,1-3H3;1H. The molecule has 2 nitrogen and oxygen atoms in total. The van der Waals surface area contributed by atoms with E-state index in [2.05, 4.69) is 44.1 Å². The van der Waals surface area contributed by atoms with Crippen LogP contribution in [0.5, 0.6) is 0 Å². The number of fused-ring (bicyclic) bond motifs is 1. The number of nitrogens with zero attached hydrogens (tertiary/aromatic N) is 1. The molecule has 2 heterocycles. The molecule has 0 amide bonds. The molecular formula is C19H22Cl2N2S. The van der Waals surface area contributed by atoms with Gasteiger partial charge < -0.3 is 4.98 Å². The zero-order valence-electron chi connectivity index (χ0n) is 14.1. The van der Waals surface area contributed by atoms with Gasteiger partial charge in [0.15, 0.2) is 0 Å². The number of thioether (sulfide) groups is 1. The summed E-state index contributed by atoms with van der Waals surface area (Å²) in [7, 11) is 0. The number of benzene rings is 1. The van der Waals surface area contributed by atoms with Gasteiger partial charge in [-0.25, -0.2) is 4.98 Å². The van der Waals surface area contributed by atoms with Gasteiger partial charge in [0.25, 0.3) is 0 Å². The fourth-order valence-electron chi connectivity index (χ4n) is 2.85. The molecule has 3 rings (SSSR count). The topological polar surface area (TPSA) is 28.7 Å². The summed E-state index contributed by atoms with van der Waals surface area (Å²) in [5.74, 6) is 0.892. The van der Waals surface area contributed by atoms with Gasteiger partial charge in [0.05, 0.1) is 5.52 Å². The van der Waals surface area contributed by atoms with Crippen molar-refractivity contribution >= 4 is 46.7 Å². The Labute approximate surface area is 158 Å². The van der Waals surface area contributed by atoms with Gasteiger partial charge in [-0.05, 0) is 49.1 Å². The van der Waals surface area contributed by atoms with E-state index in [9.17, 15) is 0 Å². The minimum Gasteiger partial charge on any atom is -0.356 e. The molecular weight excluding hydrogens is 359 g/mol. The third-order valence-corrected chi connectivity index (χ3v) is 5.49. The van der Waals surface area contributed by atoms with Crippen molar-refractivity contribution in [2.45, 2.75) is 44.4 Å². The van der Waals surface area contributed by atoms with Crippen molar-refractivity contribution in [2.24, 2.45) is 0 Å². The quantitative estimate of drug-likeness (QED) is 0.511. The summed E-state index contributed by atoms with van der Waals surface area (Å²) < 4.78 is 0. The Morgan fingerprint density at radius 2 is 1.88 bits per heavy atom. The van der Waals surface area contributed by atoms with E-state index in [1.54, 1.807) is 11.8 Å². The van der Waals surface area contributed by atoms with Crippen LogP contribution in [-0.4, -0.2) is 9.97 Å². The second-order valence-electron chi connectivity index (χ2n) is 5.88. The molecule has 0 aliphatic rings. The number of hydrogen-bond donors (Lipinski definition) is 1. The van der Waals surface area contributed by atoms with Gasteiger partial charge in [-0.15, -0.1) is 12.4 Å². The molecule has 0 saturated carbocycles. The van der Waals surface area contributed by atoms with Crippen LogP contribution < -0.4 is 0 Å². The highest BCUT2D eigenvalue weighted by molar-refractivity contribution is 7.98. The van der Waals surface area contributed by atoms with E-state index < -0.39 is 0 Å². The molecule has 3 aromatic rings. The Balaban J connectivity index is 0.00000208. The average Bonchev–Trinajstić information content (AvgIpc) is 2.84. The molecule has 2 aromatic heterocycles. The maximum Gasteiger partial charge on any atom is 0.120 e. The van der Waals surface area contributed by atoms with Gasteiger partial charge in [-0.2, -0.15) is 0 Å². The molecule has 0 fully saturated rings. The lowest BCUT2D eigenvalue weighted by molar-refractivity contribution is 0.916. The lowest BCUT2D eigenvalue weighted by Crippen LogP contribution is -1.92. The lowest BCUT2D eigenvalue weighted by Gasteiger charge is -2.07. The Hall–Kier alpha value is -1.16. The minimum absolute atomic E-state index is 0. The lowest BCUT2D eigenvalue weighted by atomic mass is 10.0. The van der Waals surface area contributed by atoms with Crippen molar-refractivity contribution < 1.29 is 0 Å². The fourth-order valence-corrected chi connectivity index (χ4v) is 3.89. The zero-order valence-corrected chi connectivity index (χ0v) is 16.5. The van der Waals surface area contributed by atoms with Gasteiger partial charge in [0.2, 0.25) is 0 Å². The molecule has 0 radical (unpaired) electrons. The molecule has 0 atom stereocenters. The summed E-state index contributed by atoms with van der Waals surface area (Å²) in [6.07, 6.45) is 4.26. The van der Waals surface area contributed by atoms with Crippen LogP contribution >= 0.6 is 35.8 Å². The predicted octanol–water partition coefficient (Wildman–Crippen LogP) is 6.50. The summed E-state index contributed by atoms with van der Waals surface area (Å²) in [4.78, 5) is 8.25. The summed E-state index contributed by atoms with van der Waals surface area (Å²) in [5, 5.41) is 3.21. The summed E-state index contributed by atoms with van der Waals surface area (Å²) in [6, 6.07) is 8.02. The SMILES string of the molecule is CCCc1cnc(SCc2ccc(Cl)cc2)c2[nH]c(C)c(C)c12.Cl. The highest BCUT2D eigenvalue weighted by Crippen LogP contribution is 2.33. The minimum atomic E-state index is 0. The molecule has 0 spiro atoms. The first-order valence-electron chi connectivity index (χ1n) is 7.94. The number of aromatic amines is 1. The molecule has 0 unspecified atom stereocenters. The van der Waals surface area contributed by atoms with Crippen LogP contribution in [0.25, 0.3) is 10.9 Å². The Bertz CT molecular complexity index is 825. The van der Waals surface area contributed by atoms with Crippen molar-refractivity contribution in [1.82, 2.24) is 9.97 Å². The number of pyridine rings is 1. The number of aromatic nitrogens is 2. The maximum atomic E-state index is 5.95. The third-order valence-electron chi connectivity index (χ3n) is 4.18. The van der Waals surface area contributed by atoms with Crippen LogP contribution in [0, 0.1) is 13.8 Å². The molecule has 128 valence electrons. The summed E-state index contributed by atoms with van der Waals surface area (Å²) >= 11 is 7.72. The van der Waals surface area contributed by atoms with Gasteiger partial charge in [-0.3, -0.25) is 0 Å².